The number of benzene rings is 1. The first kappa shape index (κ1) is 11.5. The van der Waals surface area contributed by atoms with Gasteiger partial charge in [0.25, 0.3) is 6.57 Å². The first-order valence-corrected chi connectivity index (χ1v) is 5.06. The summed E-state index contributed by atoms with van der Waals surface area (Å²) in [4.78, 5) is -0.377. The molecule has 0 aromatic heterocycles. The Morgan fingerprint density at radius 1 is 1.13 bits per heavy atom. The molecule has 80 valence electrons. The van der Waals surface area contributed by atoms with Gasteiger partial charge >= 0.3 is 16.2 Å². The maximum Gasteiger partial charge on any atom is 0.510 e. The van der Waals surface area contributed by atoms with Crippen molar-refractivity contribution in [3.05, 3.63) is 34.1 Å². The summed E-state index contributed by atoms with van der Waals surface area (Å²) in [5.74, 6) is 0. The first-order valence-electron chi connectivity index (χ1n) is 3.62. The van der Waals surface area contributed by atoms with Gasteiger partial charge in [-0.3, -0.25) is 0 Å². The normalized spacial score (nSPS) is 12.1. The molecule has 7 heteroatoms. The van der Waals surface area contributed by atoms with Gasteiger partial charge in [0.1, 0.15) is 0 Å². The zero-order chi connectivity index (χ0) is 11.7. The van der Waals surface area contributed by atoms with Crippen molar-refractivity contribution in [3.8, 4) is 6.57 Å². The van der Waals surface area contributed by atoms with Crippen LogP contribution in [0, 0.1) is 6.57 Å². The van der Waals surface area contributed by atoms with Crippen molar-refractivity contribution in [1.29, 1.82) is 0 Å². The van der Waals surface area contributed by atoms with Gasteiger partial charge in [0.05, 0.1) is 9.81 Å². The summed E-state index contributed by atoms with van der Waals surface area (Å²) in [6.07, 6.45) is -4.50. The van der Waals surface area contributed by atoms with E-state index < -0.39 is 21.8 Å². The van der Waals surface area contributed by atoms with Gasteiger partial charge in [0, 0.05) is 0 Å². The van der Waals surface area contributed by atoms with E-state index in [0.29, 0.717) is 12.1 Å². The van der Waals surface area contributed by atoms with Crippen LogP contribution in [0.2, 0.25) is 0 Å². The SMILES string of the molecule is C#[N+]S(=O)(=O)c1ccc(C(F)(F)F)cc1. The number of hydrogen-bond acceptors (Lipinski definition) is 2. The molecule has 0 fully saturated rings. The van der Waals surface area contributed by atoms with E-state index in [2.05, 4.69) is 10.8 Å². The molecule has 0 spiro atoms. The van der Waals surface area contributed by atoms with Gasteiger partial charge in [-0.1, -0.05) is 0 Å². The standard InChI is InChI=1S/C8H5F3NO2S/c1-12-15(13,14)7-4-2-6(3-5-7)8(9,10)11/h1-5H/q+1. The zero-order valence-electron chi connectivity index (χ0n) is 7.19. The van der Waals surface area contributed by atoms with Crippen LogP contribution in [0.1, 0.15) is 5.56 Å². The Kier molecular flexibility index (Phi) is 2.73. The second-order valence-electron chi connectivity index (χ2n) is 2.60. The van der Waals surface area contributed by atoms with E-state index in [0.717, 1.165) is 12.1 Å². The summed E-state index contributed by atoms with van der Waals surface area (Å²) in [6, 6.07) is 2.90. The molecular formula is C8H5F3NO2S+. The smallest absolute Gasteiger partial charge is 0.166 e. The Labute approximate surface area is 84.0 Å². The monoisotopic (exact) mass is 236 g/mol. The predicted molar refractivity (Wildman–Crippen MR) is 46.9 cm³/mol. The molecule has 0 unspecified atom stereocenters. The highest BCUT2D eigenvalue weighted by Gasteiger charge is 2.31. The highest BCUT2D eigenvalue weighted by Crippen LogP contribution is 2.29. The molecule has 1 aromatic rings. The third-order valence-corrected chi connectivity index (χ3v) is 2.76. The summed E-state index contributed by atoms with van der Waals surface area (Å²) in [5, 5.41) is 0. The summed E-state index contributed by atoms with van der Waals surface area (Å²) >= 11 is 0. The molecule has 1 aromatic carbocycles. The largest absolute Gasteiger partial charge is 0.510 e. The van der Waals surface area contributed by atoms with Crippen molar-refractivity contribution in [2.45, 2.75) is 11.1 Å². The molecule has 0 amide bonds. The van der Waals surface area contributed by atoms with Gasteiger partial charge in [-0.25, -0.2) is 0 Å². The van der Waals surface area contributed by atoms with Crippen LogP contribution in [0.25, 0.3) is 4.25 Å². The van der Waals surface area contributed by atoms with Crippen molar-refractivity contribution in [2.75, 3.05) is 0 Å². The van der Waals surface area contributed by atoms with Crippen LogP contribution in [-0.4, -0.2) is 8.42 Å². The van der Waals surface area contributed by atoms with E-state index in [1.165, 1.54) is 0 Å². The fourth-order valence-corrected chi connectivity index (χ4v) is 1.48. The van der Waals surface area contributed by atoms with Gasteiger partial charge in [0.15, 0.2) is 4.90 Å². The number of alkyl halides is 3. The summed E-state index contributed by atoms with van der Waals surface area (Å²) in [6.45, 7) is 4.58. The van der Waals surface area contributed by atoms with Crippen LogP contribution in [0.5, 0.6) is 0 Å². The van der Waals surface area contributed by atoms with Gasteiger partial charge in [-0.05, 0) is 24.3 Å². The molecular weight excluding hydrogens is 231 g/mol. The maximum absolute atomic E-state index is 12.1. The number of nitrogens with zero attached hydrogens (tertiary/aromatic N) is 1. The lowest BCUT2D eigenvalue weighted by Crippen LogP contribution is -2.05. The Hall–Kier alpha value is -1.55. The minimum atomic E-state index is -4.50. The Bertz CT molecular complexity index is 496. The summed E-state index contributed by atoms with van der Waals surface area (Å²) < 4.78 is 60.9. The first-order chi connectivity index (χ1) is 6.77. The molecule has 0 aliphatic carbocycles. The Morgan fingerprint density at radius 3 is 1.93 bits per heavy atom. The molecule has 0 N–H and O–H groups in total. The van der Waals surface area contributed by atoms with Crippen LogP contribution in [0.4, 0.5) is 13.2 Å². The third-order valence-electron chi connectivity index (χ3n) is 1.62. The topological polar surface area (TPSA) is 38.5 Å². The summed E-state index contributed by atoms with van der Waals surface area (Å²) in [5.41, 5.74) is -0.932. The molecule has 0 aliphatic heterocycles. The van der Waals surface area contributed by atoms with Crippen LogP contribution in [-0.2, 0) is 16.2 Å². The van der Waals surface area contributed by atoms with Crippen molar-refractivity contribution in [1.82, 2.24) is 0 Å². The maximum atomic E-state index is 12.1. The zero-order valence-corrected chi connectivity index (χ0v) is 8.01. The molecule has 0 atom stereocenters. The van der Waals surface area contributed by atoms with Gasteiger partial charge in [-0.2, -0.15) is 13.2 Å². The second kappa shape index (κ2) is 3.55. The Morgan fingerprint density at radius 2 is 1.60 bits per heavy atom. The molecule has 0 aliphatic rings. The number of hydrogen-bond donors (Lipinski definition) is 0. The lowest BCUT2D eigenvalue weighted by atomic mass is 10.2. The molecule has 0 bridgehead atoms. The summed E-state index contributed by atoms with van der Waals surface area (Å²) in [7, 11) is -4.03. The molecule has 1 rings (SSSR count). The average Bonchev–Trinajstić information content (AvgIpc) is 2.17. The number of halogens is 3. The molecule has 0 radical (unpaired) electrons. The van der Waals surface area contributed by atoms with Crippen LogP contribution in [0.3, 0.4) is 0 Å². The molecule has 0 heterocycles. The predicted octanol–water partition coefficient (Wildman–Crippen LogP) is 2.36. The van der Waals surface area contributed by atoms with Crippen molar-refractivity contribution in [3.63, 3.8) is 0 Å². The number of rotatable bonds is 1. The van der Waals surface area contributed by atoms with Crippen LogP contribution in [0.15, 0.2) is 29.2 Å². The third kappa shape index (κ3) is 2.47. The van der Waals surface area contributed by atoms with E-state index in [9.17, 15) is 21.6 Å². The molecule has 15 heavy (non-hydrogen) atoms. The lowest BCUT2D eigenvalue weighted by Gasteiger charge is -2.04. The van der Waals surface area contributed by atoms with Crippen molar-refractivity contribution < 1.29 is 21.6 Å². The van der Waals surface area contributed by atoms with Crippen molar-refractivity contribution in [2.24, 2.45) is 0 Å². The average molecular weight is 236 g/mol. The fourth-order valence-electron chi connectivity index (χ4n) is 0.877. The second-order valence-corrected chi connectivity index (χ2v) is 4.23. The van der Waals surface area contributed by atoms with Gasteiger partial charge in [0.2, 0.25) is 0 Å². The van der Waals surface area contributed by atoms with E-state index in [1.807, 2.05) is 0 Å². The number of sulfonamides is 1. The van der Waals surface area contributed by atoms with Crippen LogP contribution < -0.4 is 0 Å². The minimum Gasteiger partial charge on any atom is -0.166 e. The quantitative estimate of drug-likeness (QED) is 0.750. The van der Waals surface area contributed by atoms with E-state index in [1.54, 1.807) is 0 Å². The highest BCUT2D eigenvalue weighted by atomic mass is 32.2. The minimum absolute atomic E-state index is 0.377. The molecule has 3 nitrogen and oxygen atoms in total. The van der Waals surface area contributed by atoms with E-state index in [4.69, 9.17) is 0 Å². The Balaban J connectivity index is 3.19. The van der Waals surface area contributed by atoms with E-state index >= 15 is 0 Å². The molecule has 0 saturated carbocycles. The van der Waals surface area contributed by atoms with E-state index in [-0.39, 0.29) is 4.90 Å². The lowest BCUT2D eigenvalue weighted by molar-refractivity contribution is -0.137. The fraction of sp³-hybridized carbons (Fsp3) is 0.125. The highest BCUT2D eigenvalue weighted by molar-refractivity contribution is 7.93. The van der Waals surface area contributed by atoms with Crippen LogP contribution >= 0.6 is 0 Å². The molecule has 0 saturated heterocycles. The van der Waals surface area contributed by atoms with Crippen molar-refractivity contribution >= 4 is 10.0 Å². The van der Waals surface area contributed by atoms with Gasteiger partial charge < -0.3 is 0 Å². The van der Waals surface area contributed by atoms with Gasteiger partial charge in [-0.15, -0.1) is 8.42 Å².